The second-order valence-electron chi connectivity index (χ2n) is 6.07. The van der Waals surface area contributed by atoms with E-state index in [4.69, 9.17) is 0 Å². The summed E-state index contributed by atoms with van der Waals surface area (Å²) in [5.74, 6) is 0.466. The highest BCUT2D eigenvalue weighted by Crippen LogP contribution is 2.20. The van der Waals surface area contributed by atoms with Crippen molar-refractivity contribution in [1.29, 1.82) is 0 Å². The van der Waals surface area contributed by atoms with E-state index in [1.54, 1.807) is 0 Å². The van der Waals surface area contributed by atoms with Gasteiger partial charge in [-0.05, 0) is 12.8 Å². The fraction of sp³-hybridized carbons (Fsp3) is 0.941. The van der Waals surface area contributed by atoms with Crippen molar-refractivity contribution in [3.05, 3.63) is 0 Å². The number of ketones is 1. The lowest BCUT2D eigenvalue weighted by Gasteiger charge is -2.34. The molecule has 0 spiro atoms. The molecule has 0 radical (unpaired) electrons. The van der Waals surface area contributed by atoms with Gasteiger partial charge in [0.05, 0.1) is 0 Å². The molecule has 0 aromatic carbocycles. The van der Waals surface area contributed by atoms with Gasteiger partial charge in [0.2, 0.25) is 0 Å². The SMILES string of the molecule is CCCCCCCC(CCCC)N1CCC(=O)CC1. The van der Waals surface area contributed by atoms with Crippen LogP contribution < -0.4 is 0 Å². The number of carbonyl (C=O) groups is 1. The average Bonchev–Trinajstić information content (AvgIpc) is 2.43. The molecule has 0 N–H and O–H groups in total. The molecular weight excluding hydrogens is 234 g/mol. The van der Waals surface area contributed by atoms with Crippen molar-refractivity contribution in [2.45, 2.75) is 90.5 Å². The number of carbonyl (C=O) groups excluding carboxylic acids is 1. The highest BCUT2D eigenvalue weighted by molar-refractivity contribution is 5.79. The lowest BCUT2D eigenvalue weighted by molar-refractivity contribution is -0.122. The van der Waals surface area contributed by atoms with Crippen LogP contribution in [-0.2, 0) is 4.79 Å². The van der Waals surface area contributed by atoms with Crippen molar-refractivity contribution in [2.75, 3.05) is 13.1 Å². The van der Waals surface area contributed by atoms with Crippen LogP contribution in [0.15, 0.2) is 0 Å². The third-order valence-electron chi connectivity index (χ3n) is 4.40. The third kappa shape index (κ3) is 7.10. The van der Waals surface area contributed by atoms with Crippen LogP contribution in [0.4, 0.5) is 0 Å². The summed E-state index contributed by atoms with van der Waals surface area (Å²) in [6, 6.07) is 0.745. The van der Waals surface area contributed by atoms with Crippen LogP contribution in [0.5, 0.6) is 0 Å². The molecule has 1 heterocycles. The van der Waals surface area contributed by atoms with Gasteiger partial charge in [-0.1, -0.05) is 58.8 Å². The molecule has 2 nitrogen and oxygen atoms in total. The topological polar surface area (TPSA) is 20.3 Å². The predicted octanol–water partition coefficient (Wildman–Crippen LogP) is 4.57. The fourth-order valence-electron chi connectivity index (χ4n) is 3.07. The van der Waals surface area contributed by atoms with E-state index in [0.717, 1.165) is 32.0 Å². The summed E-state index contributed by atoms with van der Waals surface area (Å²) in [4.78, 5) is 13.9. The van der Waals surface area contributed by atoms with Crippen molar-refractivity contribution in [3.8, 4) is 0 Å². The van der Waals surface area contributed by atoms with Crippen LogP contribution in [0.1, 0.15) is 84.5 Å². The van der Waals surface area contributed by atoms with Gasteiger partial charge in [-0.25, -0.2) is 0 Å². The molecule has 1 fully saturated rings. The molecule has 0 aromatic heterocycles. The maximum absolute atomic E-state index is 11.4. The van der Waals surface area contributed by atoms with Crippen LogP contribution in [0.25, 0.3) is 0 Å². The van der Waals surface area contributed by atoms with Crippen LogP contribution in [-0.4, -0.2) is 29.8 Å². The summed E-state index contributed by atoms with van der Waals surface area (Å²) in [6.45, 7) is 6.58. The van der Waals surface area contributed by atoms with E-state index in [2.05, 4.69) is 18.7 Å². The minimum Gasteiger partial charge on any atom is -0.300 e. The van der Waals surface area contributed by atoms with Crippen molar-refractivity contribution in [2.24, 2.45) is 0 Å². The maximum Gasteiger partial charge on any atom is 0.135 e. The second-order valence-corrected chi connectivity index (χ2v) is 6.07. The fourth-order valence-corrected chi connectivity index (χ4v) is 3.07. The van der Waals surface area contributed by atoms with Crippen molar-refractivity contribution >= 4 is 5.78 Å². The van der Waals surface area contributed by atoms with Crippen molar-refractivity contribution in [3.63, 3.8) is 0 Å². The molecule has 0 aromatic rings. The molecule has 2 heteroatoms. The van der Waals surface area contributed by atoms with E-state index >= 15 is 0 Å². The van der Waals surface area contributed by atoms with Gasteiger partial charge < -0.3 is 0 Å². The molecule has 0 aliphatic carbocycles. The van der Waals surface area contributed by atoms with Crippen LogP contribution in [0.2, 0.25) is 0 Å². The molecule has 1 unspecified atom stereocenters. The molecule has 0 amide bonds. The summed E-state index contributed by atoms with van der Waals surface area (Å²) < 4.78 is 0. The van der Waals surface area contributed by atoms with Crippen molar-refractivity contribution < 1.29 is 4.79 Å². The van der Waals surface area contributed by atoms with Gasteiger partial charge in [-0.2, -0.15) is 0 Å². The van der Waals surface area contributed by atoms with E-state index in [0.29, 0.717) is 5.78 Å². The Morgan fingerprint density at radius 3 is 2.11 bits per heavy atom. The summed E-state index contributed by atoms with van der Waals surface area (Å²) >= 11 is 0. The van der Waals surface area contributed by atoms with E-state index in [9.17, 15) is 4.79 Å². The lowest BCUT2D eigenvalue weighted by Crippen LogP contribution is -2.41. The van der Waals surface area contributed by atoms with Crippen molar-refractivity contribution in [1.82, 2.24) is 4.90 Å². The predicted molar refractivity (Wildman–Crippen MR) is 82.5 cm³/mol. The molecule has 1 atom stereocenters. The zero-order chi connectivity index (χ0) is 13.9. The zero-order valence-electron chi connectivity index (χ0n) is 13.1. The molecule has 19 heavy (non-hydrogen) atoms. The first-order valence-electron chi connectivity index (χ1n) is 8.53. The van der Waals surface area contributed by atoms with Crippen LogP contribution in [0, 0.1) is 0 Å². The van der Waals surface area contributed by atoms with E-state index < -0.39 is 0 Å². The van der Waals surface area contributed by atoms with Crippen LogP contribution in [0.3, 0.4) is 0 Å². The average molecular weight is 267 g/mol. The number of nitrogens with zero attached hydrogens (tertiary/aromatic N) is 1. The summed E-state index contributed by atoms with van der Waals surface area (Å²) in [5, 5.41) is 0. The van der Waals surface area contributed by atoms with Gasteiger partial charge >= 0.3 is 0 Å². The Balaban J connectivity index is 2.27. The molecule has 0 saturated carbocycles. The number of likely N-dealkylation sites (tertiary alicyclic amines) is 1. The highest BCUT2D eigenvalue weighted by Gasteiger charge is 2.22. The lowest BCUT2D eigenvalue weighted by atomic mass is 9.98. The normalized spacial score (nSPS) is 18.7. The summed E-state index contributed by atoms with van der Waals surface area (Å²) in [5.41, 5.74) is 0. The summed E-state index contributed by atoms with van der Waals surface area (Å²) in [7, 11) is 0. The van der Waals surface area contributed by atoms with E-state index in [1.165, 1.54) is 57.8 Å². The maximum atomic E-state index is 11.4. The zero-order valence-corrected chi connectivity index (χ0v) is 13.1. The van der Waals surface area contributed by atoms with Crippen LogP contribution >= 0.6 is 0 Å². The second kappa shape index (κ2) is 10.4. The molecule has 1 aliphatic rings. The molecule has 1 rings (SSSR count). The Morgan fingerprint density at radius 2 is 1.47 bits per heavy atom. The Bertz CT molecular complexity index is 229. The Labute approximate surface area is 119 Å². The number of rotatable bonds is 10. The van der Waals surface area contributed by atoms with Gasteiger partial charge in [0.1, 0.15) is 5.78 Å². The number of unbranched alkanes of at least 4 members (excludes halogenated alkanes) is 5. The highest BCUT2D eigenvalue weighted by atomic mass is 16.1. The number of hydrogen-bond donors (Lipinski definition) is 0. The first-order valence-corrected chi connectivity index (χ1v) is 8.53. The largest absolute Gasteiger partial charge is 0.300 e. The molecule has 1 saturated heterocycles. The van der Waals surface area contributed by atoms with Gasteiger partial charge in [0.25, 0.3) is 0 Å². The quantitative estimate of drug-likeness (QED) is 0.540. The molecular formula is C17H33NO. The first kappa shape index (κ1) is 16.7. The Hall–Kier alpha value is -0.370. The van der Waals surface area contributed by atoms with Gasteiger partial charge in [-0.15, -0.1) is 0 Å². The van der Waals surface area contributed by atoms with E-state index in [-0.39, 0.29) is 0 Å². The van der Waals surface area contributed by atoms with E-state index in [1.807, 2.05) is 0 Å². The van der Waals surface area contributed by atoms with Gasteiger partial charge in [0, 0.05) is 32.0 Å². The molecule has 112 valence electrons. The standard InChI is InChI=1S/C17H33NO/c1-3-5-7-8-9-11-16(10-6-4-2)18-14-12-17(19)13-15-18/h16H,3-15H2,1-2H3. The smallest absolute Gasteiger partial charge is 0.135 e. The number of Topliss-reactive ketones (excluding diaryl/α,β-unsaturated/α-hetero) is 1. The molecule has 1 aliphatic heterocycles. The number of piperidine rings is 1. The van der Waals surface area contributed by atoms with Gasteiger partial charge in [-0.3, -0.25) is 9.69 Å². The first-order chi connectivity index (χ1) is 9.27. The minimum atomic E-state index is 0.466. The van der Waals surface area contributed by atoms with Gasteiger partial charge in [0.15, 0.2) is 0 Å². The minimum absolute atomic E-state index is 0.466. The Morgan fingerprint density at radius 1 is 0.895 bits per heavy atom. The third-order valence-corrected chi connectivity index (χ3v) is 4.40. The summed E-state index contributed by atoms with van der Waals surface area (Å²) in [6.07, 6.45) is 13.8. The number of hydrogen-bond acceptors (Lipinski definition) is 2. The monoisotopic (exact) mass is 267 g/mol. The Kier molecular flexibility index (Phi) is 9.15. The molecule has 0 bridgehead atoms.